The SMILES string of the molecule is CCC1(C(=O)OCCc2ccc(Cl)cc2)CCN(C(=O)O)CC1. The molecule has 2 rings (SSSR count). The van der Waals surface area contributed by atoms with E-state index in [1.807, 2.05) is 31.2 Å². The summed E-state index contributed by atoms with van der Waals surface area (Å²) in [6.07, 6.45) is 1.43. The molecule has 0 spiro atoms. The summed E-state index contributed by atoms with van der Waals surface area (Å²) in [7, 11) is 0. The second-order valence-electron chi connectivity index (χ2n) is 5.92. The second kappa shape index (κ2) is 7.68. The minimum Gasteiger partial charge on any atom is -0.465 e. The van der Waals surface area contributed by atoms with E-state index in [-0.39, 0.29) is 5.97 Å². The fourth-order valence-corrected chi connectivity index (χ4v) is 3.02. The highest BCUT2D eigenvalue weighted by molar-refractivity contribution is 6.30. The van der Waals surface area contributed by atoms with Gasteiger partial charge in [0.05, 0.1) is 12.0 Å². The van der Waals surface area contributed by atoms with Crippen LogP contribution in [-0.2, 0) is 16.0 Å². The summed E-state index contributed by atoms with van der Waals surface area (Å²) in [5.41, 5.74) is 0.514. The molecule has 1 amide bonds. The van der Waals surface area contributed by atoms with Gasteiger partial charge in [0.25, 0.3) is 0 Å². The van der Waals surface area contributed by atoms with Gasteiger partial charge in [-0.15, -0.1) is 0 Å². The highest BCUT2D eigenvalue weighted by Gasteiger charge is 2.42. The van der Waals surface area contributed by atoms with Gasteiger partial charge in [0.2, 0.25) is 0 Å². The number of nitrogens with zero attached hydrogens (tertiary/aromatic N) is 1. The van der Waals surface area contributed by atoms with Crippen LogP contribution in [-0.4, -0.2) is 41.8 Å². The number of benzene rings is 1. The molecule has 6 heteroatoms. The molecule has 0 aliphatic carbocycles. The molecule has 1 aromatic rings. The van der Waals surface area contributed by atoms with Crippen LogP contribution >= 0.6 is 11.6 Å². The predicted molar refractivity (Wildman–Crippen MR) is 87.7 cm³/mol. The molecule has 1 heterocycles. The molecule has 1 aliphatic rings. The Balaban J connectivity index is 1.85. The number of esters is 1. The molecule has 126 valence electrons. The number of halogens is 1. The van der Waals surface area contributed by atoms with Crippen molar-refractivity contribution in [1.82, 2.24) is 4.90 Å². The first-order valence-corrected chi connectivity index (χ1v) is 8.24. The van der Waals surface area contributed by atoms with E-state index in [2.05, 4.69) is 0 Å². The van der Waals surface area contributed by atoms with Gasteiger partial charge in [-0.1, -0.05) is 30.7 Å². The first-order valence-electron chi connectivity index (χ1n) is 7.86. The molecule has 0 saturated carbocycles. The Labute approximate surface area is 141 Å². The Kier molecular flexibility index (Phi) is 5.88. The first-order chi connectivity index (χ1) is 11.0. The third kappa shape index (κ3) is 4.38. The maximum Gasteiger partial charge on any atom is 0.407 e. The topological polar surface area (TPSA) is 66.8 Å². The minimum absolute atomic E-state index is 0.209. The fraction of sp³-hybridized carbons (Fsp3) is 0.529. The van der Waals surface area contributed by atoms with Gasteiger partial charge in [0, 0.05) is 24.5 Å². The number of likely N-dealkylation sites (tertiary alicyclic amines) is 1. The highest BCUT2D eigenvalue weighted by Crippen LogP contribution is 2.36. The molecule has 0 unspecified atom stereocenters. The van der Waals surface area contributed by atoms with Crippen molar-refractivity contribution in [2.75, 3.05) is 19.7 Å². The molecule has 5 nitrogen and oxygen atoms in total. The molecular weight excluding hydrogens is 318 g/mol. The van der Waals surface area contributed by atoms with E-state index in [1.54, 1.807) is 0 Å². The molecular formula is C17H22ClNO4. The van der Waals surface area contributed by atoms with Crippen LogP contribution in [0, 0.1) is 5.41 Å². The molecule has 23 heavy (non-hydrogen) atoms. The van der Waals surface area contributed by atoms with E-state index in [0.717, 1.165) is 5.56 Å². The lowest BCUT2D eigenvalue weighted by atomic mass is 9.76. The van der Waals surface area contributed by atoms with Crippen LogP contribution < -0.4 is 0 Å². The maximum absolute atomic E-state index is 12.5. The monoisotopic (exact) mass is 339 g/mol. The Morgan fingerprint density at radius 1 is 1.26 bits per heavy atom. The third-order valence-electron chi connectivity index (χ3n) is 4.64. The fourth-order valence-electron chi connectivity index (χ4n) is 2.89. The molecule has 1 aliphatic heterocycles. The minimum atomic E-state index is -0.925. The van der Waals surface area contributed by atoms with Crippen LogP contribution in [0.5, 0.6) is 0 Å². The van der Waals surface area contributed by atoms with Gasteiger partial charge in [-0.2, -0.15) is 0 Å². The van der Waals surface area contributed by atoms with Gasteiger partial charge in [0.1, 0.15) is 0 Å². The van der Waals surface area contributed by atoms with Crippen LogP contribution in [0.15, 0.2) is 24.3 Å². The van der Waals surface area contributed by atoms with E-state index >= 15 is 0 Å². The third-order valence-corrected chi connectivity index (χ3v) is 4.89. The van der Waals surface area contributed by atoms with Crippen molar-refractivity contribution < 1.29 is 19.4 Å². The van der Waals surface area contributed by atoms with Crippen molar-refractivity contribution in [3.63, 3.8) is 0 Å². The molecule has 0 bridgehead atoms. The molecule has 1 N–H and O–H groups in total. The van der Waals surface area contributed by atoms with Gasteiger partial charge in [-0.3, -0.25) is 4.79 Å². The Morgan fingerprint density at radius 3 is 2.39 bits per heavy atom. The number of hydrogen-bond acceptors (Lipinski definition) is 3. The van der Waals surface area contributed by atoms with Crippen LogP contribution in [0.2, 0.25) is 5.02 Å². The summed E-state index contributed by atoms with van der Waals surface area (Å²) in [4.78, 5) is 24.8. The van der Waals surface area contributed by atoms with Crippen molar-refractivity contribution >= 4 is 23.7 Å². The van der Waals surface area contributed by atoms with Gasteiger partial charge in [-0.05, 0) is 37.0 Å². The summed E-state index contributed by atoms with van der Waals surface area (Å²) in [6, 6.07) is 7.45. The number of rotatable bonds is 5. The van der Waals surface area contributed by atoms with Gasteiger partial charge in [0.15, 0.2) is 0 Å². The number of ether oxygens (including phenoxy) is 1. The van der Waals surface area contributed by atoms with E-state index in [9.17, 15) is 9.59 Å². The Bertz CT molecular complexity index is 550. The Hall–Kier alpha value is -1.75. The molecule has 1 fully saturated rings. The standard InChI is InChI=1S/C17H22ClNO4/c1-2-17(8-10-19(11-9-17)16(21)22)15(20)23-12-7-13-3-5-14(18)6-4-13/h3-6H,2,7-12H2,1H3,(H,21,22). The number of carbonyl (C=O) groups excluding carboxylic acids is 1. The van der Waals surface area contributed by atoms with Crippen molar-refractivity contribution in [3.8, 4) is 0 Å². The van der Waals surface area contributed by atoms with E-state index in [0.29, 0.717) is 50.4 Å². The van der Waals surface area contributed by atoms with Gasteiger partial charge < -0.3 is 14.7 Å². The zero-order valence-electron chi connectivity index (χ0n) is 13.3. The van der Waals surface area contributed by atoms with E-state index in [1.165, 1.54) is 4.90 Å². The maximum atomic E-state index is 12.5. The molecule has 0 radical (unpaired) electrons. The van der Waals surface area contributed by atoms with E-state index < -0.39 is 11.5 Å². The van der Waals surface area contributed by atoms with Crippen LogP contribution in [0.3, 0.4) is 0 Å². The summed E-state index contributed by atoms with van der Waals surface area (Å²) >= 11 is 5.84. The number of piperidine rings is 1. The summed E-state index contributed by atoms with van der Waals surface area (Å²) < 4.78 is 5.47. The van der Waals surface area contributed by atoms with Crippen molar-refractivity contribution in [2.45, 2.75) is 32.6 Å². The zero-order valence-corrected chi connectivity index (χ0v) is 14.0. The van der Waals surface area contributed by atoms with Crippen molar-refractivity contribution in [3.05, 3.63) is 34.9 Å². The van der Waals surface area contributed by atoms with Crippen LogP contribution in [0.4, 0.5) is 4.79 Å². The zero-order chi connectivity index (χ0) is 16.9. The molecule has 1 aromatic carbocycles. The molecule has 0 atom stereocenters. The van der Waals surface area contributed by atoms with Crippen molar-refractivity contribution in [2.24, 2.45) is 5.41 Å². The smallest absolute Gasteiger partial charge is 0.407 e. The Morgan fingerprint density at radius 2 is 1.87 bits per heavy atom. The lowest BCUT2D eigenvalue weighted by molar-refractivity contribution is -0.159. The summed E-state index contributed by atoms with van der Waals surface area (Å²) in [5.74, 6) is -0.209. The number of amides is 1. The quantitative estimate of drug-likeness (QED) is 0.832. The highest BCUT2D eigenvalue weighted by atomic mass is 35.5. The second-order valence-corrected chi connectivity index (χ2v) is 6.35. The van der Waals surface area contributed by atoms with E-state index in [4.69, 9.17) is 21.4 Å². The van der Waals surface area contributed by atoms with Crippen LogP contribution in [0.1, 0.15) is 31.7 Å². The predicted octanol–water partition coefficient (Wildman–Crippen LogP) is 3.60. The molecule has 1 saturated heterocycles. The normalized spacial score (nSPS) is 16.9. The van der Waals surface area contributed by atoms with Gasteiger partial charge >= 0.3 is 12.1 Å². The molecule has 0 aromatic heterocycles. The number of carbonyl (C=O) groups is 2. The number of carboxylic acid groups (broad SMARTS) is 1. The lowest BCUT2D eigenvalue weighted by Crippen LogP contribution is -2.46. The van der Waals surface area contributed by atoms with Crippen LogP contribution in [0.25, 0.3) is 0 Å². The van der Waals surface area contributed by atoms with Gasteiger partial charge in [-0.25, -0.2) is 4.79 Å². The first kappa shape index (κ1) is 17.6. The number of hydrogen-bond donors (Lipinski definition) is 1. The summed E-state index contributed by atoms with van der Waals surface area (Å²) in [6.45, 7) is 3.05. The lowest BCUT2D eigenvalue weighted by Gasteiger charge is -2.38. The van der Waals surface area contributed by atoms with Crippen molar-refractivity contribution in [1.29, 1.82) is 0 Å². The largest absolute Gasteiger partial charge is 0.465 e. The average Bonchev–Trinajstić information content (AvgIpc) is 2.56. The average molecular weight is 340 g/mol. The summed E-state index contributed by atoms with van der Waals surface area (Å²) in [5, 5.41) is 9.69.